The van der Waals surface area contributed by atoms with E-state index >= 15 is 0 Å². The van der Waals surface area contributed by atoms with Gasteiger partial charge < -0.3 is 9.80 Å². The average molecular weight is 605 g/mol. The van der Waals surface area contributed by atoms with E-state index in [2.05, 4.69) is 135 Å². The van der Waals surface area contributed by atoms with Crippen molar-refractivity contribution < 1.29 is 0 Å². The van der Waals surface area contributed by atoms with Crippen molar-refractivity contribution in [2.75, 3.05) is 31.1 Å². The lowest BCUT2D eigenvalue weighted by Crippen LogP contribution is -2.47. The summed E-state index contributed by atoms with van der Waals surface area (Å²) >= 11 is 0. The lowest BCUT2D eigenvalue weighted by molar-refractivity contribution is 0.141. The minimum atomic E-state index is -0.647. The van der Waals surface area contributed by atoms with Gasteiger partial charge in [0.15, 0.2) is 0 Å². The fourth-order valence-corrected chi connectivity index (χ4v) is 7.79. The Bertz CT molecular complexity index is 1790. The van der Waals surface area contributed by atoms with E-state index < -0.39 is 5.54 Å². The van der Waals surface area contributed by atoms with Gasteiger partial charge in [-0.2, -0.15) is 5.10 Å². The predicted molar refractivity (Wildman–Crippen MR) is 186 cm³/mol. The van der Waals surface area contributed by atoms with Crippen LogP contribution in [0.4, 0.5) is 5.82 Å². The SMILES string of the molecule is c1ccc(C(c2ccccc2)(c2ccccc2)n2cc(-c3ccc4ncnc(N5CCC(N6CCCCC6)CC5)c4c3)cn2)cc1. The van der Waals surface area contributed by atoms with E-state index in [1.54, 1.807) is 6.33 Å². The Kier molecular flexibility index (Phi) is 7.80. The third kappa shape index (κ3) is 5.17. The molecule has 46 heavy (non-hydrogen) atoms. The van der Waals surface area contributed by atoms with E-state index in [-0.39, 0.29) is 0 Å². The number of hydrogen-bond acceptors (Lipinski definition) is 5. The first kappa shape index (κ1) is 28.6. The number of nitrogens with zero attached hydrogens (tertiary/aromatic N) is 6. The van der Waals surface area contributed by atoms with E-state index in [1.807, 2.05) is 6.20 Å². The van der Waals surface area contributed by atoms with Gasteiger partial charge in [0.1, 0.15) is 17.7 Å². The Morgan fingerprint density at radius 1 is 0.609 bits per heavy atom. The fourth-order valence-electron chi connectivity index (χ4n) is 7.79. The van der Waals surface area contributed by atoms with Crippen LogP contribution in [0.25, 0.3) is 22.0 Å². The first-order valence-corrected chi connectivity index (χ1v) is 16.8. The molecule has 2 saturated heterocycles. The molecule has 2 fully saturated rings. The second-order valence-electron chi connectivity index (χ2n) is 12.7. The van der Waals surface area contributed by atoms with Crippen LogP contribution in [0.3, 0.4) is 0 Å². The fraction of sp³-hybridized carbons (Fsp3) is 0.275. The highest BCUT2D eigenvalue weighted by Crippen LogP contribution is 2.41. The first-order valence-electron chi connectivity index (χ1n) is 16.8. The molecule has 4 heterocycles. The van der Waals surface area contributed by atoms with E-state index in [0.717, 1.165) is 57.6 Å². The molecular weight excluding hydrogens is 564 g/mol. The van der Waals surface area contributed by atoms with Crippen molar-refractivity contribution in [1.82, 2.24) is 24.6 Å². The summed E-state index contributed by atoms with van der Waals surface area (Å²) in [4.78, 5) is 14.7. The van der Waals surface area contributed by atoms with Crippen molar-refractivity contribution in [3.63, 3.8) is 0 Å². The molecule has 0 bridgehead atoms. The summed E-state index contributed by atoms with van der Waals surface area (Å²) in [6.45, 7) is 4.59. The third-order valence-corrected chi connectivity index (χ3v) is 10.1. The molecule has 2 aliphatic heterocycles. The smallest absolute Gasteiger partial charge is 0.139 e. The van der Waals surface area contributed by atoms with Gasteiger partial charge in [0.2, 0.25) is 0 Å². The van der Waals surface area contributed by atoms with Gasteiger partial charge in [-0.15, -0.1) is 0 Å². The normalized spacial score (nSPS) is 16.6. The molecule has 2 aliphatic rings. The van der Waals surface area contributed by atoms with E-state index in [4.69, 9.17) is 10.1 Å². The molecule has 0 saturated carbocycles. The van der Waals surface area contributed by atoms with E-state index in [1.165, 1.54) is 45.2 Å². The zero-order chi connectivity index (χ0) is 30.8. The maximum absolute atomic E-state index is 5.11. The van der Waals surface area contributed by atoms with Crippen LogP contribution in [0.5, 0.6) is 0 Å². The molecule has 230 valence electrons. The number of anilines is 1. The number of piperidine rings is 2. The highest BCUT2D eigenvalue weighted by atomic mass is 15.3. The highest BCUT2D eigenvalue weighted by molar-refractivity contribution is 5.92. The summed E-state index contributed by atoms with van der Waals surface area (Å²) in [5.74, 6) is 1.04. The van der Waals surface area contributed by atoms with Crippen molar-refractivity contribution in [2.24, 2.45) is 0 Å². The highest BCUT2D eigenvalue weighted by Gasteiger charge is 2.39. The number of likely N-dealkylation sites (tertiary alicyclic amines) is 1. The van der Waals surface area contributed by atoms with Gasteiger partial charge in [-0.25, -0.2) is 9.97 Å². The van der Waals surface area contributed by atoms with Gasteiger partial charge in [-0.1, -0.05) is 103 Å². The molecule has 6 heteroatoms. The summed E-state index contributed by atoms with van der Waals surface area (Å²) in [6, 6.07) is 39.4. The molecule has 0 atom stereocenters. The van der Waals surface area contributed by atoms with Crippen molar-refractivity contribution in [2.45, 2.75) is 43.7 Å². The van der Waals surface area contributed by atoms with Gasteiger partial charge in [-0.3, -0.25) is 4.68 Å². The number of rotatable bonds is 7. The second-order valence-corrected chi connectivity index (χ2v) is 12.7. The van der Waals surface area contributed by atoms with Crippen LogP contribution < -0.4 is 4.90 Å². The van der Waals surface area contributed by atoms with Gasteiger partial charge >= 0.3 is 0 Å². The summed E-state index contributed by atoms with van der Waals surface area (Å²) in [5, 5.41) is 6.21. The zero-order valence-corrected chi connectivity index (χ0v) is 26.2. The van der Waals surface area contributed by atoms with Gasteiger partial charge in [0, 0.05) is 36.3 Å². The van der Waals surface area contributed by atoms with Crippen LogP contribution in [0.1, 0.15) is 48.8 Å². The van der Waals surface area contributed by atoms with Gasteiger partial charge in [0.05, 0.1) is 11.7 Å². The Balaban J connectivity index is 1.18. The van der Waals surface area contributed by atoms with Crippen LogP contribution in [0, 0.1) is 0 Å². The van der Waals surface area contributed by atoms with Crippen molar-refractivity contribution in [3.8, 4) is 11.1 Å². The van der Waals surface area contributed by atoms with E-state index in [0.29, 0.717) is 6.04 Å². The third-order valence-electron chi connectivity index (χ3n) is 10.1. The Hall–Kier alpha value is -4.81. The Morgan fingerprint density at radius 3 is 1.83 bits per heavy atom. The van der Waals surface area contributed by atoms with E-state index in [9.17, 15) is 0 Å². The molecule has 6 nitrogen and oxygen atoms in total. The van der Waals surface area contributed by atoms with Crippen LogP contribution in [0.2, 0.25) is 0 Å². The second kappa shape index (κ2) is 12.5. The first-order chi connectivity index (χ1) is 22.8. The van der Waals surface area contributed by atoms with Crippen molar-refractivity contribution in [3.05, 3.63) is 145 Å². The zero-order valence-electron chi connectivity index (χ0n) is 26.2. The quantitative estimate of drug-likeness (QED) is 0.174. The van der Waals surface area contributed by atoms with Crippen molar-refractivity contribution >= 4 is 16.7 Å². The standard InChI is InChI=1S/C40H40N6/c1-5-13-33(14-6-1)40(34-15-7-2-8-16-34,35-17-9-3-10-18-35)46-29-32(28-43-46)31-19-20-38-37(27-31)39(42-30-41-38)45-25-21-36(22-26-45)44-23-11-4-12-24-44/h1-3,5-10,13-20,27-30,36H,4,11-12,21-26H2. The summed E-state index contributed by atoms with van der Waals surface area (Å²) in [6.07, 6.45) is 12.4. The lowest BCUT2D eigenvalue weighted by atomic mass is 9.77. The van der Waals surface area contributed by atoms with Gasteiger partial charge in [-0.05, 0) is 73.2 Å². The molecule has 2 aromatic heterocycles. The molecule has 0 amide bonds. The van der Waals surface area contributed by atoms with Crippen LogP contribution >= 0.6 is 0 Å². The average Bonchev–Trinajstić information content (AvgIpc) is 3.64. The summed E-state index contributed by atoms with van der Waals surface area (Å²) in [7, 11) is 0. The summed E-state index contributed by atoms with van der Waals surface area (Å²) in [5.41, 5.74) is 5.98. The molecular formula is C40H40N6. The molecule has 4 aromatic carbocycles. The molecule has 0 N–H and O–H groups in total. The monoisotopic (exact) mass is 604 g/mol. The molecule has 6 aromatic rings. The molecule has 0 spiro atoms. The Morgan fingerprint density at radius 2 is 1.22 bits per heavy atom. The minimum absolute atomic E-state index is 0.647. The molecule has 0 unspecified atom stereocenters. The Labute approximate surface area is 271 Å². The number of benzene rings is 4. The number of fused-ring (bicyclic) bond motifs is 1. The van der Waals surface area contributed by atoms with Crippen LogP contribution in [-0.2, 0) is 5.54 Å². The summed E-state index contributed by atoms with van der Waals surface area (Å²) < 4.78 is 2.14. The maximum atomic E-state index is 5.11. The molecule has 0 aliphatic carbocycles. The number of hydrogen-bond donors (Lipinski definition) is 0. The van der Waals surface area contributed by atoms with Crippen LogP contribution in [-0.4, -0.2) is 56.9 Å². The minimum Gasteiger partial charge on any atom is -0.356 e. The predicted octanol–water partition coefficient (Wildman–Crippen LogP) is 7.79. The topological polar surface area (TPSA) is 50.1 Å². The lowest BCUT2D eigenvalue weighted by Gasteiger charge is -2.40. The van der Waals surface area contributed by atoms with Gasteiger partial charge in [0.25, 0.3) is 0 Å². The maximum Gasteiger partial charge on any atom is 0.139 e. The largest absolute Gasteiger partial charge is 0.356 e. The van der Waals surface area contributed by atoms with Crippen LogP contribution in [0.15, 0.2) is 128 Å². The molecule has 0 radical (unpaired) electrons. The molecule has 8 rings (SSSR count). The van der Waals surface area contributed by atoms with Crippen molar-refractivity contribution in [1.29, 1.82) is 0 Å². The number of aromatic nitrogens is 4.